The van der Waals surface area contributed by atoms with Gasteiger partial charge in [-0.15, -0.1) is 0 Å². The predicted molar refractivity (Wildman–Crippen MR) is 113 cm³/mol. The van der Waals surface area contributed by atoms with Gasteiger partial charge >= 0.3 is 0 Å². The Morgan fingerprint density at radius 3 is 2.45 bits per heavy atom. The topological polar surface area (TPSA) is 88.3 Å². The van der Waals surface area contributed by atoms with Gasteiger partial charge in [0.25, 0.3) is 10.0 Å². The number of anilines is 1. The standard InChI is InChI=1S/C22H24N2O4S/c1-13-9-16-17(23-18-11-22(2,3)12-19(25)21(16)18)10-20(13)29(26,27)24-14-5-7-15(28-4)8-6-14/h5-10,23-24H,11-12H2,1-4H3. The van der Waals surface area contributed by atoms with E-state index in [9.17, 15) is 13.2 Å². The number of aromatic nitrogens is 1. The highest BCUT2D eigenvalue weighted by atomic mass is 32.2. The Labute approximate surface area is 170 Å². The zero-order valence-electron chi connectivity index (χ0n) is 16.9. The summed E-state index contributed by atoms with van der Waals surface area (Å²) < 4.78 is 33.7. The largest absolute Gasteiger partial charge is 0.497 e. The third-order valence-electron chi connectivity index (χ3n) is 5.38. The van der Waals surface area contributed by atoms with Crippen LogP contribution in [0.3, 0.4) is 0 Å². The van der Waals surface area contributed by atoms with E-state index in [1.54, 1.807) is 50.4 Å². The van der Waals surface area contributed by atoms with Crippen molar-refractivity contribution in [1.82, 2.24) is 4.98 Å². The van der Waals surface area contributed by atoms with E-state index in [-0.39, 0.29) is 16.1 Å². The number of ether oxygens (including phenoxy) is 1. The van der Waals surface area contributed by atoms with Gasteiger partial charge in [0.05, 0.1) is 12.0 Å². The summed E-state index contributed by atoms with van der Waals surface area (Å²) in [6, 6.07) is 10.1. The van der Waals surface area contributed by atoms with Crippen molar-refractivity contribution < 1.29 is 17.9 Å². The Bertz CT molecular complexity index is 1220. The first-order chi connectivity index (χ1) is 13.6. The van der Waals surface area contributed by atoms with Crippen molar-refractivity contribution in [3.8, 4) is 5.75 Å². The predicted octanol–water partition coefficient (Wildman–Crippen LogP) is 4.44. The quantitative estimate of drug-likeness (QED) is 0.663. The number of H-pyrrole nitrogens is 1. The first-order valence-electron chi connectivity index (χ1n) is 9.45. The second kappa shape index (κ2) is 6.62. The van der Waals surface area contributed by atoms with Crippen molar-refractivity contribution >= 4 is 32.4 Å². The number of sulfonamides is 1. The Hall–Kier alpha value is -2.80. The maximum atomic E-state index is 13.0. The van der Waals surface area contributed by atoms with Crippen LogP contribution in [0.1, 0.15) is 41.9 Å². The number of fused-ring (bicyclic) bond motifs is 3. The van der Waals surface area contributed by atoms with Gasteiger partial charge in [-0.2, -0.15) is 0 Å². The van der Waals surface area contributed by atoms with E-state index in [0.29, 0.717) is 34.5 Å². The van der Waals surface area contributed by atoms with E-state index in [2.05, 4.69) is 23.6 Å². The van der Waals surface area contributed by atoms with Crippen molar-refractivity contribution in [1.29, 1.82) is 0 Å². The summed E-state index contributed by atoms with van der Waals surface area (Å²) in [5, 5.41) is 0.793. The van der Waals surface area contributed by atoms with Gasteiger partial charge in [0.2, 0.25) is 0 Å². The van der Waals surface area contributed by atoms with Gasteiger partial charge in [-0.05, 0) is 60.7 Å². The van der Waals surface area contributed by atoms with Crippen LogP contribution in [0.4, 0.5) is 5.69 Å². The van der Waals surface area contributed by atoms with Gasteiger partial charge < -0.3 is 9.72 Å². The van der Waals surface area contributed by atoms with Crippen LogP contribution in [0.2, 0.25) is 0 Å². The fourth-order valence-electron chi connectivity index (χ4n) is 4.06. The molecule has 0 amide bonds. The number of benzene rings is 2. The number of hydrogen-bond acceptors (Lipinski definition) is 4. The summed E-state index contributed by atoms with van der Waals surface area (Å²) in [5.41, 5.74) is 3.20. The number of carbonyl (C=O) groups excluding carboxylic acids is 1. The summed E-state index contributed by atoms with van der Waals surface area (Å²) in [6.45, 7) is 5.89. The van der Waals surface area contributed by atoms with Crippen molar-refractivity contribution in [3.05, 3.63) is 53.2 Å². The molecule has 0 atom stereocenters. The molecule has 29 heavy (non-hydrogen) atoms. The molecular weight excluding hydrogens is 388 g/mol. The summed E-state index contributed by atoms with van der Waals surface area (Å²) in [5.74, 6) is 0.754. The lowest BCUT2D eigenvalue weighted by molar-refractivity contribution is 0.0913. The maximum Gasteiger partial charge on any atom is 0.262 e. The van der Waals surface area contributed by atoms with Crippen LogP contribution in [0, 0.1) is 12.3 Å². The van der Waals surface area contributed by atoms with Crippen LogP contribution in [-0.4, -0.2) is 26.3 Å². The Balaban J connectivity index is 1.76. The summed E-state index contributed by atoms with van der Waals surface area (Å²) in [6.07, 6.45) is 1.25. The molecule has 6 nitrogen and oxygen atoms in total. The monoisotopic (exact) mass is 412 g/mol. The molecule has 0 unspecified atom stereocenters. The van der Waals surface area contributed by atoms with E-state index < -0.39 is 10.0 Å². The second-order valence-electron chi connectivity index (χ2n) is 8.42. The molecule has 4 rings (SSSR count). The molecule has 1 aromatic heterocycles. The lowest BCUT2D eigenvalue weighted by atomic mass is 9.76. The van der Waals surface area contributed by atoms with Crippen molar-refractivity contribution in [2.75, 3.05) is 11.8 Å². The van der Waals surface area contributed by atoms with Gasteiger partial charge in [0.15, 0.2) is 5.78 Å². The van der Waals surface area contributed by atoms with Crippen molar-refractivity contribution in [3.63, 3.8) is 0 Å². The molecule has 0 spiro atoms. The van der Waals surface area contributed by atoms with Gasteiger partial charge in [-0.3, -0.25) is 9.52 Å². The molecule has 3 aromatic rings. The van der Waals surface area contributed by atoms with Crippen LogP contribution in [0.15, 0.2) is 41.3 Å². The number of ketones is 1. The summed E-state index contributed by atoms with van der Waals surface area (Å²) in [7, 11) is -2.23. The molecule has 0 bridgehead atoms. The average Bonchev–Trinajstić information content (AvgIpc) is 2.97. The molecular formula is C22H24N2O4S. The minimum atomic E-state index is -3.79. The maximum absolute atomic E-state index is 13.0. The number of rotatable bonds is 4. The molecule has 152 valence electrons. The van der Waals surface area contributed by atoms with Crippen LogP contribution in [0.25, 0.3) is 10.9 Å². The number of nitrogens with one attached hydrogen (secondary N) is 2. The SMILES string of the molecule is COc1ccc(NS(=O)(=O)c2cc3[nH]c4c(c3cc2C)C(=O)CC(C)(C)C4)cc1. The molecule has 1 heterocycles. The van der Waals surface area contributed by atoms with Crippen LogP contribution < -0.4 is 9.46 Å². The van der Waals surface area contributed by atoms with E-state index >= 15 is 0 Å². The summed E-state index contributed by atoms with van der Waals surface area (Å²) >= 11 is 0. The molecule has 0 aliphatic heterocycles. The highest BCUT2D eigenvalue weighted by Gasteiger charge is 2.34. The highest BCUT2D eigenvalue weighted by Crippen LogP contribution is 2.39. The minimum Gasteiger partial charge on any atom is -0.497 e. The smallest absolute Gasteiger partial charge is 0.262 e. The van der Waals surface area contributed by atoms with Crippen LogP contribution >= 0.6 is 0 Å². The number of Topliss-reactive ketones (excluding diaryl/α,β-unsaturated/α-hetero) is 1. The van der Waals surface area contributed by atoms with Gasteiger partial charge in [0, 0.05) is 34.3 Å². The molecule has 2 N–H and O–H groups in total. The third-order valence-corrected chi connectivity index (χ3v) is 6.90. The first kappa shape index (κ1) is 19.5. The fourth-order valence-corrected chi connectivity index (χ4v) is 5.37. The Morgan fingerprint density at radius 1 is 1.10 bits per heavy atom. The molecule has 0 saturated carbocycles. The first-order valence-corrected chi connectivity index (χ1v) is 10.9. The van der Waals surface area contributed by atoms with Gasteiger partial charge in [0.1, 0.15) is 5.75 Å². The van der Waals surface area contributed by atoms with Crippen LogP contribution in [-0.2, 0) is 16.4 Å². The van der Waals surface area contributed by atoms with E-state index in [4.69, 9.17) is 4.74 Å². The average molecular weight is 413 g/mol. The Morgan fingerprint density at radius 2 is 1.79 bits per heavy atom. The molecule has 2 aromatic carbocycles. The van der Waals surface area contributed by atoms with Crippen molar-refractivity contribution in [2.24, 2.45) is 5.41 Å². The number of aromatic amines is 1. The molecule has 1 aliphatic carbocycles. The lowest BCUT2D eigenvalue weighted by Crippen LogP contribution is -2.26. The van der Waals surface area contributed by atoms with E-state index in [1.165, 1.54) is 0 Å². The number of carbonyl (C=O) groups is 1. The highest BCUT2D eigenvalue weighted by molar-refractivity contribution is 7.92. The van der Waals surface area contributed by atoms with E-state index in [1.807, 2.05) is 0 Å². The van der Waals surface area contributed by atoms with Gasteiger partial charge in [-0.1, -0.05) is 13.8 Å². The molecule has 7 heteroatoms. The lowest BCUT2D eigenvalue weighted by Gasteiger charge is -2.28. The number of hydrogen-bond donors (Lipinski definition) is 2. The van der Waals surface area contributed by atoms with Crippen molar-refractivity contribution in [2.45, 2.75) is 38.5 Å². The van der Waals surface area contributed by atoms with Crippen LogP contribution in [0.5, 0.6) is 5.75 Å². The normalized spacial score (nSPS) is 15.9. The summed E-state index contributed by atoms with van der Waals surface area (Å²) in [4.78, 5) is 16.2. The zero-order valence-corrected chi connectivity index (χ0v) is 17.7. The van der Waals surface area contributed by atoms with E-state index in [0.717, 1.165) is 17.5 Å². The minimum absolute atomic E-state index is 0.105. The number of aryl methyl sites for hydroxylation is 1. The molecule has 1 aliphatic rings. The second-order valence-corrected chi connectivity index (χ2v) is 10.1. The zero-order chi connectivity index (χ0) is 21.0. The third kappa shape index (κ3) is 3.51. The molecule has 0 saturated heterocycles. The molecule has 0 fully saturated rings. The molecule has 0 radical (unpaired) electrons. The number of methoxy groups -OCH3 is 1. The van der Waals surface area contributed by atoms with Gasteiger partial charge in [-0.25, -0.2) is 8.42 Å². The fraction of sp³-hybridized carbons (Fsp3) is 0.318. The Kier molecular flexibility index (Phi) is 4.46.